The number of aromatic nitrogens is 1. The first kappa shape index (κ1) is 22.4. The molecule has 1 heterocycles. The molecule has 0 saturated carbocycles. The van der Waals surface area contributed by atoms with Crippen molar-refractivity contribution in [3.05, 3.63) is 120 Å². The van der Waals surface area contributed by atoms with Crippen LogP contribution < -0.4 is 4.74 Å². The van der Waals surface area contributed by atoms with Crippen molar-refractivity contribution in [2.75, 3.05) is 0 Å². The smallest absolute Gasteiger partial charge is 0.308 e. The monoisotopic (exact) mass is 459 g/mol. The number of hydrogen-bond acceptors (Lipinski definition) is 4. The number of carbonyl (C=O) groups is 1. The molecule has 172 valence electrons. The van der Waals surface area contributed by atoms with Gasteiger partial charge in [-0.2, -0.15) is 0 Å². The molecule has 0 bridgehead atoms. The zero-order valence-electron chi connectivity index (χ0n) is 19.5. The second-order valence-electron chi connectivity index (χ2n) is 8.33. The maximum absolute atomic E-state index is 11.3. The lowest BCUT2D eigenvalue weighted by Gasteiger charge is -2.08. The van der Waals surface area contributed by atoms with Crippen LogP contribution in [0, 0.1) is 0 Å². The van der Waals surface area contributed by atoms with Crippen molar-refractivity contribution in [3.63, 3.8) is 0 Å². The summed E-state index contributed by atoms with van der Waals surface area (Å²) >= 11 is 0. The average Bonchev–Trinajstić information content (AvgIpc) is 3.34. The van der Waals surface area contributed by atoms with Crippen LogP contribution in [0.2, 0.25) is 0 Å². The van der Waals surface area contributed by atoms with Crippen LogP contribution in [-0.2, 0) is 17.6 Å². The van der Waals surface area contributed by atoms with Crippen molar-refractivity contribution in [2.24, 2.45) is 0 Å². The van der Waals surface area contributed by atoms with E-state index in [4.69, 9.17) is 14.1 Å². The van der Waals surface area contributed by atoms with E-state index in [0.29, 0.717) is 11.6 Å². The van der Waals surface area contributed by atoms with Crippen LogP contribution in [0.1, 0.15) is 18.1 Å². The van der Waals surface area contributed by atoms with Crippen molar-refractivity contribution in [2.45, 2.75) is 19.8 Å². The maximum Gasteiger partial charge on any atom is 0.308 e. The standard InChI is InChI=1S/C31H25NO3/c1-22(33)34-27-17-10-11-23(21-27)19-20-24-12-8-9-18-28(24)31-32-29(25-13-4-2-5-14-25)30(35-31)26-15-6-3-7-16-26/h2-18,21H,19-20H2,1H3. The highest BCUT2D eigenvalue weighted by molar-refractivity contribution is 5.79. The fourth-order valence-electron chi connectivity index (χ4n) is 4.17. The van der Waals surface area contributed by atoms with Gasteiger partial charge in [0.2, 0.25) is 5.89 Å². The normalized spacial score (nSPS) is 10.8. The van der Waals surface area contributed by atoms with E-state index in [1.54, 1.807) is 6.07 Å². The molecule has 0 aliphatic heterocycles. The second-order valence-corrected chi connectivity index (χ2v) is 8.33. The molecule has 5 rings (SSSR count). The molecule has 5 aromatic rings. The highest BCUT2D eigenvalue weighted by Gasteiger charge is 2.19. The lowest BCUT2D eigenvalue weighted by Crippen LogP contribution is -2.02. The summed E-state index contributed by atoms with van der Waals surface area (Å²) in [6.07, 6.45) is 1.59. The van der Waals surface area contributed by atoms with Gasteiger partial charge in [0.15, 0.2) is 5.76 Å². The molecule has 35 heavy (non-hydrogen) atoms. The molecule has 0 N–H and O–H groups in total. The average molecular weight is 460 g/mol. The zero-order valence-corrected chi connectivity index (χ0v) is 19.5. The minimum Gasteiger partial charge on any atom is -0.435 e. The van der Waals surface area contributed by atoms with E-state index in [9.17, 15) is 4.79 Å². The number of rotatable bonds is 7. The summed E-state index contributed by atoms with van der Waals surface area (Å²) in [5, 5.41) is 0. The van der Waals surface area contributed by atoms with E-state index >= 15 is 0 Å². The lowest BCUT2D eigenvalue weighted by atomic mass is 9.99. The van der Waals surface area contributed by atoms with Crippen molar-refractivity contribution in [1.82, 2.24) is 4.98 Å². The summed E-state index contributed by atoms with van der Waals surface area (Å²) in [5.74, 6) is 1.61. The van der Waals surface area contributed by atoms with E-state index < -0.39 is 0 Å². The van der Waals surface area contributed by atoms with Crippen LogP contribution in [0.5, 0.6) is 5.75 Å². The molecule has 0 saturated heterocycles. The largest absolute Gasteiger partial charge is 0.435 e. The fourth-order valence-corrected chi connectivity index (χ4v) is 4.17. The Kier molecular flexibility index (Phi) is 6.53. The first-order valence-electron chi connectivity index (χ1n) is 11.6. The predicted octanol–water partition coefficient (Wildman–Crippen LogP) is 7.39. The van der Waals surface area contributed by atoms with Crippen molar-refractivity contribution in [3.8, 4) is 39.8 Å². The Morgan fingerprint density at radius 3 is 2.20 bits per heavy atom. The lowest BCUT2D eigenvalue weighted by molar-refractivity contribution is -0.131. The molecule has 0 unspecified atom stereocenters. The van der Waals surface area contributed by atoms with Gasteiger partial charge in [0, 0.05) is 23.6 Å². The summed E-state index contributed by atoms with van der Waals surface area (Å²) in [4.78, 5) is 16.3. The van der Waals surface area contributed by atoms with Crippen LogP contribution in [0.3, 0.4) is 0 Å². The molecule has 4 heteroatoms. The number of benzene rings is 4. The second kappa shape index (κ2) is 10.2. The van der Waals surface area contributed by atoms with Gasteiger partial charge < -0.3 is 9.15 Å². The number of ether oxygens (including phenoxy) is 1. The maximum atomic E-state index is 11.3. The number of esters is 1. The Morgan fingerprint density at radius 1 is 0.771 bits per heavy atom. The Labute approximate surface area is 204 Å². The van der Waals surface area contributed by atoms with E-state index in [-0.39, 0.29) is 5.97 Å². The first-order chi connectivity index (χ1) is 17.2. The molecule has 0 aliphatic carbocycles. The van der Waals surface area contributed by atoms with Gasteiger partial charge in [-0.1, -0.05) is 91.0 Å². The SMILES string of the molecule is CC(=O)Oc1cccc(CCc2ccccc2-c2nc(-c3ccccc3)c(-c3ccccc3)o2)c1. The van der Waals surface area contributed by atoms with Gasteiger partial charge in [0.1, 0.15) is 11.4 Å². The van der Waals surface area contributed by atoms with Crippen LogP contribution in [0.4, 0.5) is 0 Å². The number of hydrogen-bond donors (Lipinski definition) is 0. The van der Waals surface area contributed by atoms with Gasteiger partial charge in [-0.3, -0.25) is 4.79 Å². The number of carbonyl (C=O) groups excluding carboxylic acids is 1. The van der Waals surface area contributed by atoms with Gasteiger partial charge >= 0.3 is 5.97 Å². The van der Waals surface area contributed by atoms with E-state index in [2.05, 4.69) is 24.3 Å². The molecule has 0 radical (unpaired) electrons. The topological polar surface area (TPSA) is 52.3 Å². The minimum absolute atomic E-state index is 0.320. The molecule has 4 aromatic carbocycles. The number of oxazole rings is 1. The molecule has 0 spiro atoms. The summed E-state index contributed by atoms with van der Waals surface area (Å²) < 4.78 is 11.7. The van der Waals surface area contributed by atoms with Crippen LogP contribution in [-0.4, -0.2) is 11.0 Å². The van der Waals surface area contributed by atoms with Gasteiger partial charge in [-0.25, -0.2) is 4.98 Å². The van der Waals surface area contributed by atoms with Crippen LogP contribution in [0.25, 0.3) is 34.0 Å². The van der Waals surface area contributed by atoms with Crippen molar-refractivity contribution in [1.29, 1.82) is 0 Å². The van der Waals surface area contributed by atoms with Gasteiger partial charge in [-0.05, 0) is 42.2 Å². The third-order valence-corrected chi connectivity index (χ3v) is 5.80. The fraction of sp³-hybridized carbons (Fsp3) is 0.0968. The van der Waals surface area contributed by atoms with Crippen molar-refractivity contribution >= 4 is 5.97 Å². The third-order valence-electron chi connectivity index (χ3n) is 5.80. The summed E-state index contributed by atoms with van der Waals surface area (Å²) in [6, 6.07) is 36.1. The highest BCUT2D eigenvalue weighted by atomic mass is 16.5. The molecular weight excluding hydrogens is 434 g/mol. The molecule has 0 amide bonds. The zero-order chi connectivity index (χ0) is 24.0. The number of nitrogens with zero attached hydrogens (tertiary/aromatic N) is 1. The van der Waals surface area contributed by atoms with Crippen LogP contribution >= 0.6 is 0 Å². The van der Waals surface area contributed by atoms with E-state index in [0.717, 1.165) is 52.1 Å². The van der Waals surface area contributed by atoms with Gasteiger partial charge in [0.25, 0.3) is 0 Å². The first-order valence-corrected chi connectivity index (χ1v) is 11.6. The summed E-state index contributed by atoms with van der Waals surface area (Å²) in [7, 11) is 0. The molecule has 0 fully saturated rings. The third kappa shape index (κ3) is 5.22. The Morgan fingerprint density at radius 2 is 1.46 bits per heavy atom. The Bertz CT molecular complexity index is 1380. The van der Waals surface area contributed by atoms with Gasteiger partial charge in [-0.15, -0.1) is 0 Å². The molecule has 0 atom stereocenters. The molecular formula is C31H25NO3. The summed E-state index contributed by atoms with van der Waals surface area (Å²) in [6.45, 7) is 1.41. The highest BCUT2D eigenvalue weighted by Crippen LogP contribution is 2.37. The molecule has 4 nitrogen and oxygen atoms in total. The Hall–Kier alpha value is -4.44. The van der Waals surface area contributed by atoms with Gasteiger partial charge in [0.05, 0.1) is 0 Å². The van der Waals surface area contributed by atoms with E-state index in [1.807, 2.05) is 78.9 Å². The molecule has 0 aliphatic rings. The minimum atomic E-state index is -0.320. The van der Waals surface area contributed by atoms with Crippen molar-refractivity contribution < 1.29 is 13.9 Å². The quantitative estimate of drug-likeness (QED) is 0.188. The molecule has 1 aromatic heterocycles. The number of aryl methyl sites for hydroxylation is 2. The Balaban J connectivity index is 1.49. The summed E-state index contributed by atoms with van der Waals surface area (Å²) in [5.41, 5.74) is 6.05. The van der Waals surface area contributed by atoms with Crippen LogP contribution in [0.15, 0.2) is 114 Å². The van der Waals surface area contributed by atoms with E-state index in [1.165, 1.54) is 6.92 Å². The predicted molar refractivity (Wildman–Crippen MR) is 138 cm³/mol.